The highest BCUT2D eigenvalue weighted by atomic mass is 16.5. The predicted molar refractivity (Wildman–Crippen MR) is 84.6 cm³/mol. The van der Waals surface area contributed by atoms with Gasteiger partial charge in [-0.05, 0) is 44.5 Å². The quantitative estimate of drug-likeness (QED) is 0.838. The third-order valence-electron chi connectivity index (χ3n) is 3.87. The van der Waals surface area contributed by atoms with Crippen LogP contribution in [0.25, 0.3) is 0 Å². The van der Waals surface area contributed by atoms with E-state index in [0.29, 0.717) is 19.2 Å². The monoisotopic (exact) mass is 290 g/mol. The molecule has 1 aliphatic carbocycles. The maximum Gasteiger partial charge on any atom is 0.234 e. The van der Waals surface area contributed by atoms with Crippen molar-refractivity contribution in [2.45, 2.75) is 38.6 Å². The first-order valence-electron chi connectivity index (χ1n) is 7.81. The van der Waals surface area contributed by atoms with Gasteiger partial charge in [0.15, 0.2) is 0 Å². The molecule has 1 amide bonds. The van der Waals surface area contributed by atoms with Crippen molar-refractivity contribution >= 4 is 5.91 Å². The molecule has 116 valence electrons. The highest BCUT2D eigenvalue weighted by molar-refractivity contribution is 5.78. The Balaban J connectivity index is 1.62. The van der Waals surface area contributed by atoms with Crippen molar-refractivity contribution < 1.29 is 9.53 Å². The van der Waals surface area contributed by atoms with Crippen molar-refractivity contribution in [1.29, 1.82) is 0 Å². The summed E-state index contributed by atoms with van der Waals surface area (Å²) < 4.78 is 5.70. The van der Waals surface area contributed by atoms with Gasteiger partial charge in [-0.2, -0.15) is 0 Å². The first kappa shape index (κ1) is 15.8. The molecule has 0 saturated heterocycles. The number of benzene rings is 1. The van der Waals surface area contributed by atoms with Gasteiger partial charge in [0.25, 0.3) is 0 Å². The van der Waals surface area contributed by atoms with Gasteiger partial charge in [0, 0.05) is 12.6 Å². The molecule has 1 aliphatic rings. The number of carbonyl (C=O) groups is 1. The Bertz CT molecular complexity index is 456. The van der Waals surface area contributed by atoms with E-state index in [0.717, 1.165) is 25.1 Å². The van der Waals surface area contributed by atoms with E-state index in [1.54, 1.807) is 0 Å². The molecule has 0 atom stereocenters. The Morgan fingerprint density at radius 2 is 2.14 bits per heavy atom. The average Bonchev–Trinajstić information content (AvgIpc) is 2.91. The highest BCUT2D eigenvalue weighted by Gasteiger charge is 2.17. The summed E-state index contributed by atoms with van der Waals surface area (Å²) in [7, 11) is 1.95. The van der Waals surface area contributed by atoms with Gasteiger partial charge in [0.05, 0.1) is 6.54 Å². The van der Waals surface area contributed by atoms with Gasteiger partial charge in [-0.3, -0.25) is 9.69 Å². The van der Waals surface area contributed by atoms with Crippen LogP contribution in [-0.4, -0.2) is 43.6 Å². The Morgan fingerprint density at radius 1 is 1.38 bits per heavy atom. The first-order valence-corrected chi connectivity index (χ1v) is 7.81. The lowest BCUT2D eigenvalue weighted by Crippen LogP contribution is -2.40. The summed E-state index contributed by atoms with van der Waals surface area (Å²) in [6.45, 7) is 3.82. The molecule has 0 aromatic heterocycles. The number of carbonyl (C=O) groups excluding carboxylic acids is 1. The smallest absolute Gasteiger partial charge is 0.234 e. The molecule has 2 rings (SSSR count). The van der Waals surface area contributed by atoms with E-state index in [1.165, 1.54) is 18.4 Å². The topological polar surface area (TPSA) is 41.6 Å². The van der Waals surface area contributed by atoms with Crippen LogP contribution in [0.3, 0.4) is 0 Å². The van der Waals surface area contributed by atoms with Gasteiger partial charge in [0.2, 0.25) is 5.91 Å². The molecule has 0 aliphatic heterocycles. The molecule has 1 fully saturated rings. The molecule has 0 heterocycles. The Hall–Kier alpha value is -1.55. The molecule has 4 heteroatoms. The Kier molecular flexibility index (Phi) is 6.05. The maximum atomic E-state index is 11.9. The van der Waals surface area contributed by atoms with E-state index in [1.807, 2.05) is 43.1 Å². The minimum Gasteiger partial charge on any atom is -0.492 e. The van der Waals surface area contributed by atoms with E-state index < -0.39 is 0 Å². The fraction of sp³-hybridized carbons (Fsp3) is 0.588. The van der Waals surface area contributed by atoms with Crippen molar-refractivity contribution in [3.8, 4) is 5.75 Å². The van der Waals surface area contributed by atoms with Gasteiger partial charge in [-0.15, -0.1) is 0 Å². The number of rotatable bonds is 7. The Morgan fingerprint density at radius 3 is 2.86 bits per heavy atom. The van der Waals surface area contributed by atoms with E-state index in [-0.39, 0.29) is 5.91 Å². The van der Waals surface area contributed by atoms with E-state index >= 15 is 0 Å². The van der Waals surface area contributed by atoms with Crippen LogP contribution < -0.4 is 10.1 Å². The van der Waals surface area contributed by atoms with Crippen LogP contribution in [0.5, 0.6) is 5.75 Å². The number of nitrogens with one attached hydrogen (secondary N) is 1. The van der Waals surface area contributed by atoms with Crippen LogP contribution in [0.2, 0.25) is 0 Å². The number of hydrogen-bond acceptors (Lipinski definition) is 3. The minimum absolute atomic E-state index is 0.125. The zero-order valence-electron chi connectivity index (χ0n) is 13.1. The molecule has 1 aromatic rings. The van der Waals surface area contributed by atoms with Gasteiger partial charge in [-0.25, -0.2) is 0 Å². The summed E-state index contributed by atoms with van der Waals surface area (Å²) in [5.41, 5.74) is 1.19. The number of likely N-dealkylation sites (N-methyl/N-ethyl adjacent to an activating group) is 1. The molecule has 1 aromatic carbocycles. The number of aryl methyl sites for hydroxylation is 1. The van der Waals surface area contributed by atoms with E-state index in [4.69, 9.17) is 4.74 Å². The minimum atomic E-state index is 0.125. The van der Waals surface area contributed by atoms with E-state index in [9.17, 15) is 4.79 Å². The van der Waals surface area contributed by atoms with Gasteiger partial charge in [0.1, 0.15) is 12.4 Å². The fourth-order valence-corrected chi connectivity index (χ4v) is 2.69. The zero-order valence-corrected chi connectivity index (χ0v) is 13.1. The van der Waals surface area contributed by atoms with Crippen molar-refractivity contribution in [2.75, 3.05) is 26.7 Å². The van der Waals surface area contributed by atoms with Crippen molar-refractivity contribution in [3.63, 3.8) is 0 Å². The van der Waals surface area contributed by atoms with Crippen molar-refractivity contribution in [1.82, 2.24) is 10.2 Å². The van der Waals surface area contributed by atoms with Crippen LogP contribution in [0.4, 0.5) is 0 Å². The summed E-state index contributed by atoms with van der Waals surface area (Å²) in [6.07, 6.45) is 4.74. The molecule has 0 radical (unpaired) electrons. The third-order valence-corrected chi connectivity index (χ3v) is 3.87. The molecule has 1 saturated carbocycles. The summed E-state index contributed by atoms with van der Waals surface area (Å²) in [4.78, 5) is 13.9. The molecular weight excluding hydrogens is 264 g/mol. The summed E-state index contributed by atoms with van der Waals surface area (Å²) in [5, 5.41) is 3.10. The summed E-state index contributed by atoms with van der Waals surface area (Å²) >= 11 is 0. The van der Waals surface area contributed by atoms with Crippen LogP contribution in [-0.2, 0) is 4.79 Å². The van der Waals surface area contributed by atoms with Crippen LogP contribution in [0.15, 0.2) is 24.3 Å². The Labute approximate surface area is 127 Å². The van der Waals surface area contributed by atoms with Gasteiger partial charge >= 0.3 is 0 Å². The second-order valence-electron chi connectivity index (χ2n) is 5.95. The predicted octanol–water partition coefficient (Wildman–Crippen LogP) is 2.36. The van der Waals surface area contributed by atoms with Crippen LogP contribution in [0.1, 0.15) is 31.2 Å². The largest absolute Gasteiger partial charge is 0.492 e. The van der Waals surface area contributed by atoms with E-state index in [2.05, 4.69) is 5.32 Å². The summed E-state index contributed by atoms with van der Waals surface area (Å²) in [5.74, 6) is 1.01. The SMILES string of the molecule is Cc1cccc(OCCN(C)CC(=O)NC2CCCC2)c1. The molecular formula is C17H26N2O2. The van der Waals surface area contributed by atoms with Gasteiger partial charge < -0.3 is 10.1 Å². The molecule has 21 heavy (non-hydrogen) atoms. The number of ether oxygens (including phenoxy) is 1. The molecule has 0 unspecified atom stereocenters. The lowest BCUT2D eigenvalue weighted by atomic mass is 10.2. The molecule has 0 bridgehead atoms. The lowest BCUT2D eigenvalue weighted by Gasteiger charge is -2.18. The van der Waals surface area contributed by atoms with Crippen LogP contribution >= 0.6 is 0 Å². The summed E-state index contributed by atoms with van der Waals surface area (Å²) in [6, 6.07) is 8.41. The maximum absolute atomic E-state index is 11.9. The molecule has 1 N–H and O–H groups in total. The highest BCUT2D eigenvalue weighted by Crippen LogP contribution is 2.17. The number of amides is 1. The van der Waals surface area contributed by atoms with Crippen LogP contribution in [0, 0.1) is 6.92 Å². The second kappa shape index (κ2) is 8.03. The second-order valence-corrected chi connectivity index (χ2v) is 5.95. The first-order chi connectivity index (χ1) is 10.1. The molecule has 0 spiro atoms. The van der Waals surface area contributed by atoms with Crippen molar-refractivity contribution in [2.24, 2.45) is 0 Å². The lowest BCUT2D eigenvalue weighted by molar-refractivity contribution is -0.122. The van der Waals surface area contributed by atoms with Gasteiger partial charge in [-0.1, -0.05) is 25.0 Å². The third kappa shape index (κ3) is 5.76. The normalized spacial score (nSPS) is 15.4. The number of hydrogen-bond donors (Lipinski definition) is 1. The average molecular weight is 290 g/mol. The standard InChI is InChI=1S/C17H26N2O2/c1-14-6-5-9-16(12-14)21-11-10-19(2)13-17(20)18-15-7-3-4-8-15/h5-6,9,12,15H,3-4,7-8,10-11,13H2,1-2H3,(H,18,20). The van der Waals surface area contributed by atoms with Crippen molar-refractivity contribution in [3.05, 3.63) is 29.8 Å². The fourth-order valence-electron chi connectivity index (χ4n) is 2.69. The molecule has 4 nitrogen and oxygen atoms in total. The zero-order chi connectivity index (χ0) is 15.1. The number of nitrogens with zero attached hydrogens (tertiary/aromatic N) is 1.